The Morgan fingerprint density at radius 3 is 2.67 bits per heavy atom. The molecule has 0 saturated heterocycles. The molecular formula is C14H15BrClNS. The first-order valence-electron chi connectivity index (χ1n) is 5.77. The van der Waals surface area contributed by atoms with Gasteiger partial charge in [0, 0.05) is 21.8 Å². The fourth-order valence-corrected chi connectivity index (χ4v) is 3.31. The summed E-state index contributed by atoms with van der Waals surface area (Å²) in [7, 11) is 2.00. The van der Waals surface area contributed by atoms with Crippen molar-refractivity contribution >= 4 is 38.9 Å². The van der Waals surface area contributed by atoms with E-state index in [1.807, 2.05) is 13.1 Å². The minimum Gasteiger partial charge on any atom is -0.313 e. The molecule has 0 aliphatic rings. The molecule has 0 saturated carbocycles. The van der Waals surface area contributed by atoms with Crippen LogP contribution in [0.5, 0.6) is 0 Å². The van der Waals surface area contributed by atoms with E-state index < -0.39 is 0 Å². The first-order chi connectivity index (χ1) is 8.60. The average molecular weight is 345 g/mol. The third kappa shape index (κ3) is 3.35. The Labute approximate surface area is 125 Å². The molecular weight excluding hydrogens is 330 g/mol. The lowest BCUT2D eigenvalue weighted by molar-refractivity contribution is 0.596. The average Bonchev–Trinajstić information content (AvgIpc) is 2.75. The summed E-state index contributed by atoms with van der Waals surface area (Å²) in [4.78, 5) is 1.31. The lowest BCUT2D eigenvalue weighted by Gasteiger charge is -2.16. The summed E-state index contributed by atoms with van der Waals surface area (Å²) >= 11 is 11.2. The Balaban J connectivity index is 2.19. The molecule has 1 heterocycles. The molecule has 4 heteroatoms. The first-order valence-corrected chi connectivity index (χ1v) is 7.76. The highest BCUT2D eigenvalue weighted by Gasteiger charge is 2.12. The molecule has 2 rings (SSSR count). The summed E-state index contributed by atoms with van der Waals surface area (Å²) in [5, 5.41) is 3.37. The van der Waals surface area contributed by atoms with Crippen LogP contribution in [0.15, 0.2) is 34.8 Å². The zero-order valence-corrected chi connectivity index (χ0v) is 13.5. The summed E-state index contributed by atoms with van der Waals surface area (Å²) in [6.45, 7) is 2.11. The number of nitrogens with one attached hydrogen (secondary N) is 1. The van der Waals surface area contributed by atoms with Gasteiger partial charge in [0.05, 0.1) is 4.34 Å². The van der Waals surface area contributed by atoms with E-state index in [0.717, 1.165) is 15.2 Å². The quantitative estimate of drug-likeness (QED) is 0.825. The van der Waals surface area contributed by atoms with Crippen LogP contribution < -0.4 is 5.32 Å². The SMILES string of the molecule is CNC(Cc1ccc(Cl)s1)c1ccc(Br)c(C)c1. The summed E-state index contributed by atoms with van der Waals surface area (Å²) in [5.74, 6) is 0. The van der Waals surface area contributed by atoms with Gasteiger partial charge in [0.2, 0.25) is 0 Å². The molecule has 0 radical (unpaired) electrons. The number of benzene rings is 1. The van der Waals surface area contributed by atoms with E-state index in [4.69, 9.17) is 11.6 Å². The van der Waals surface area contributed by atoms with Gasteiger partial charge < -0.3 is 5.32 Å². The Kier molecular flexibility index (Phi) is 4.84. The predicted octanol–water partition coefficient (Wildman–Crippen LogP) is 4.98. The molecule has 1 unspecified atom stereocenters. The smallest absolute Gasteiger partial charge is 0.0931 e. The van der Waals surface area contributed by atoms with Gasteiger partial charge >= 0.3 is 0 Å². The van der Waals surface area contributed by atoms with Crippen molar-refractivity contribution in [3.05, 3.63) is 55.1 Å². The first kappa shape index (κ1) is 14.1. The van der Waals surface area contributed by atoms with Crippen molar-refractivity contribution in [3.8, 4) is 0 Å². The monoisotopic (exact) mass is 343 g/mol. The van der Waals surface area contributed by atoms with Crippen LogP contribution >= 0.6 is 38.9 Å². The van der Waals surface area contributed by atoms with Crippen LogP contribution in [-0.2, 0) is 6.42 Å². The van der Waals surface area contributed by atoms with Crippen LogP contribution in [0.2, 0.25) is 4.34 Å². The number of aryl methyl sites for hydroxylation is 1. The molecule has 0 fully saturated rings. The molecule has 0 aliphatic carbocycles. The number of thiophene rings is 1. The predicted molar refractivity (Wildman–Crippen MR) is 83.7 cm³/mol. The van der Waals surface area contributed by atoms with Crippen LogP contribution in [0.25, 0.3) is 0 Å². The van der Waals surface area contributed by atoms with Crippen molar-refractivity contribution in [2.24, 2.45) is 0 Å². The van der Waals surface area contributed by atoms with Crippen molar-refractivity contribution in [2.45, 2.75) is 19.4 Å². The molecule has 0 bridgehead atoms. The van der Waals surface area contributed by atoms with Gasteiger partial charge in [-0.15, -0.1) is 11.3 Å². The molecule has 0 amide bonds. The molecule has 0 spiro atoms. The minimum atomic E-state index is 0.325. The lowest BCUT2D eigenvalue weighted by Crippen LogP contribution is -2.18. The number of hydrogen-bond donors (Lipinski definition) is 1. The summed E-state index contributed by atoms with van der Waals surface area (Å²) in [6.07, 6.45) is 0.967. The second-order valence-corrected chi connectivity index (χ2v) is 6.91. The molecule has 96 valence electrons. The maximum Gasteiger partial charge on any atom is 0.0931 e. The standard InChI is InChI=1S/C14H15BrClNS/c1-9-7-10(3-5-12(9)15)13(17-2)8-11-4-6-14(16)18-11/h3-7,13,17H,8H2,1-2H3. The highest BCUT2D eigenvalue weighted by Crippen LogP contribution is 2.28. The molecule has 2 aromatic rings. The van der Waals surface area contributed by atoms with Crippen molar-refractivity contribution in [1.29, 1.82) is 0 Å². The Hall–Kier alpha value is -0.350. The van der Waals surface area contributed by atoms with Crippen molar-refractivity contribution in [1.82, 2.24) is 5.32 Å². The van der Waals surface area contributed by atoms with Crippen molar-refractivity contribution < 1.29 is 0 Å². The van der Waals surface area contributed by atoms with E-state index in [1.54, 1.807) is 11.3 Å². The molecule has 1 N–H and O–H groups in total. The molecule has 1 aromatic carbocycles. The van der Waals surface area contributed by atoms with E-state index >= 15 is 0 Å². The second-order valence-electron chi connectivity index (χ2n) is 4.26. The molecule has 1 atom stereocenters. The van der Waals surface area contributed by atoms with E-state index in [1.165, 1.54) is 16.0 Å². The van der Waals surface area contributed by atoms with E-state index in [0.29, 0.717) is 6.04 Å². The van der Waals surface area contributed by atoms with Crippen LogP contribution in [0.1, 0.15) is 22.0 Å². The van der Waals surface area contributed by atoms with Gasteiger partial charge in [-0.25, -0.2) is 0 Å². The third-order valence-corrected chi connectivity index (χ3v) is 5.11. The van der Waals surface area contributed by atoms with Crippen LogP contribution in [0, 0.1) is 6.92 Å². The van der Waals surface area contributed by atoms with Crippen molar-refractivity contribution in [3.63, 3.8) is 0 Å². The highest BCUT2D eigenvalue weighted by molar-refractivity contribution is 9.10. The zero-order chi connectivity index (χ0) is 13.1. The van der Waals surface area contributed by atoms with Crippen LogP contribution in [0.4, 0.5) is 0 Å². The largest absolute Gasteiger partial charge is 0.313 e. The minimum absolute atomic E-state index is 0.325. The zero-order valence-electron chi connectivity index (χ0n) is 10.3. The topological polar surface area (TPSA) is 12.0 Å². The van der Waals surface area contributed by atoms with Gasteiger partial charge in [-0.05, 0) is 43.3 Å². The third-order valence-electron chi connectivity index (χ3n) is 2.97. The van der Waals surface area contributed by atoms with Crippen LogP contribution in [0.3, 0.4) is 0 Å². The Morgan fingerprint density at radius 1 is 1.33 bits per heavy atom. The van der Waals surface area contributed by atoms with E-state index in [2.05, 4.69) is 52.4 Å². The van der Waals surface area contributed by atoms with Crippen LogP contribution in [-0.4, -0.2) is 7.05 Å². The normalized spacial score (nSPS) is 12.7. The second kappa shape index (κ2) is 6.20. The Morgan fingerprint density at radius 2 is 2.11 bits per heavy atom. The van der Waals surface area contributed by atoms with Gasteiger partial charge in [0.1, 0.15) is 0 Å². The fraction of sp³-hybridized carbons (Fsp3) is 0.286. The lowest BCUT2D eigenvalue weighted by atomic mass is 10.0. The highest BCUT2D eigenvalue weighted by atomic mass is 79.9. The molecule has 1 nitrogen and oxygen atoms in total. The van der Waals surface area contributed by atoms with Gasteiger partial charge in [-0.1, -0.05) is 39.7 Å². The summed E-state index contributed by atoms with van der Waals surface area (Å²) in [5.41, 5.74) is 2.57. The number of rotatable bonds is 4. The molecule has 18 heavy (non-hydrogen) atoms. The van der Waals surface area contributed by atoms with Gasteiger partial charge in [0.25, 0.3) is 0 Å². The number of halogens is 2. The molecule has 0 aliphatic heterocycles. The molecule has 1 aromatic heterocycles. The maximum atomic E-state index is 5.97. The van der Waals surface area contributed by atoms with E-state index in [9.17, 15) is 0 Å². The van der Waals surface area contributed by atoms with Gasteiger partial charge in [-0.3, -0.25) is 0 Å². The summed E-state index contributed by atoms with van der Waals surface area (Å²) in [6, 6.07) is 10.9. The van der Waals surface area contributed by atoms with Gasteiger partial charge in [0.15, 0.2) is 0 Å². The number of likely N-dealkylation sites (N-methyl/N-ethyl adjacent to an activating group) is 1. The maximum absolute atomic E-state index is 5.97. The fourth-order valence-electron chi connectivity index (χ4n) is 1.93. The van der Waals surface area contributed by atoms with E-state index in [-0.39, 0.29) is 0 Å². The Bertz CT molecular complexity index is 538. The summed E-state index contributed by atoms with van der Waals surface area (Å²) < 4.78 is 2.01. The van der Waals surface area contributed by atoms with Crippen molar-refractivity contribution in [2.75, 3.05) is 7.05 Å². The van der Waals surface area contributed by atoms with Gasteiger partial charge in [-0.2, -0.15) is 0 Å². The number of hydrogen-bond acceptors (Lipinski definition) is 2.